The molecule has 0 fully saturated rings. The van der Waals surface area contributed by atoms with Gasteiger partial charge in [-0.15, -0.1) is 4.40 Å². The summed E-state index contributed by atoms with van der Waals surface area (Å²) in [5.41, 5.74) is 3.73. The van der Waals surface area contributed by atoms with Gasteiger partial charge in [-0.3, -0.25) is 4.68 Å². The van der Waals surface area contributed by atoms with Gasteiger partial charge in [-0.2, -0.15) is 26.7 Å². The summed E-state index contributed by atoms with van der Waals surface area (Å²) in [4.78, 5) is 10.5. The number of benzene rings is 1. The van der Waals surface area contributed by atoms with Crippen LogP contribution in [-0.4, -0.2) is 67.3 Å². The highest BCUT2D eigenvalue weighted by atomic mass is 35.5. The molecule has 3 rings (SSSR count). The third kappa shape index (κ3) is 6.68. The highest BCUT2D eigenvalue weighted by molar-refractivity contribution is 7.90. The van der Waals surface area contributed by atoms with Crippen LogP contribution in [0.1, 0.15) is 24.2 Å². The van der Waals surface area contributed by atoms with Gasteiger partial charge in [0.1, 0.15) is 6.34 Å². The molecule has 1 atom stereocenters. The van der Waals surface area contributed by atoms with Crippen molar-refractivity contribution in [3.05, 3.63) is 34.5 Å². The first-order valence-electron chi connectivity index (χ1n) is 9.50. The highest BCUT2D eigenvalue weighted by Gasteiger charge is 2.38. The number of hydrogen-bond acceptors (Lipinski definition) is 5. The molecule has 2 heterocycles. The smallest absolute Gasteiger partial charge is 0.475 e. The standard InChI is InChI=1S/C17H22ClN5O2S.C2HF3O2/c1-11-16-15(5-6-19-11)17(23(4)21-16)12-7-13(18)9-14(8-12)26(24,25)20-10-22(2)3;3-2(4,5)1(6)7/h7-11,19H,5-6H2,1-4H3;(H,6,7). The molecule has 1 unspecified atom stereocenters. The van der Waals surface area contributed by atoms with E-state index in [1.807, 2.05) is 7.05 Å². The zero-order valence-corrected chi connectivity index (χ0v) is 19.8. The van der Waals surface area contributed by atoms with Crippen LogP contribution in [0, 0.1) is 0 Å². The fraction of sp³-hybridized carbons (Fsp3) is 0.421. The third-order valence-electron chi connectivity index (χ3n) is 4.51. The summed E-state index contributed by atoms with van der Waals surface area (Å²) in [6.45, 7) is 2.92. The van der Waals surface area contributed by atoms with Crippen molar-refractivity contribution >= 4 is 33.9 Å². The summed E-state index contributed by atoms with van der Waals surface area (Å²) in [6.07, 6.45) is -2.99. The van der Waals surface area contributed by atoms with Crippen LogP contribution in [0.4, 0.5) is 13.2 Å². The first-order chi connectivity index (χ1) is 15.1. The number of alkyl halides is 3. The number of rotatable bonds is 4. The average Bonchev–Trinajstić information content (AvgIpc) is 3.03. The van der Waals surface area contributed by atoms with Crippen LogP contribution in [0.5, 0.6) is 0 Å². The number of nitrogens with zero attached hydrogens (tertiary/aromatic N) is 4. The van der Waals surface area contributed by atoms with Gasteiger partial charge < -0.3 is 15.3 Å². The Labute approximate surface area is 193 Å². The van der Waals surface area contributed by atoms with Crippen LogP contribution >= 0.6 is 11.6 Å². The molecular weight excluding hydrogens is 487 g/mol. The maximum absolute atomic E-state index is 12.5. The Morgan fingerprint density at radius 2 is 1.97 bits per heavy atom. The SMILES string of the molecule is CC1NCCc2c1nn(C)c2-c1cc(Cl)cc(S(=O)(=O)N=CN(C)C)c1.O=C(O)C(F)(F)F. The molecule has 0 spiro atoms. The fourth-order valence-corrected chi connectivity index (χ4v) is 4.41. The number of nitrogens with one attached hydrogen (secondary N) is 1. The molecule has 0 saturated heterocycles. The summed E-state index contributed by atoms with van der Waals surface area (Å²) < 4.78 is 62.3. The lowest BCUT2D eigenvalue weighted by atomic mass is 9.97. The second-order valence-electron chi connectivity index (χ2n) is 7.40. The van der Waals surface area contributed by atoms with Gasteiger partial charge in [0.25, 0.3) is 10.0 Å². The van der Waals surface area contributed by atoms with Crippen molar-refractivity contribution in [2.45, 2.75) is 30.5 Å². The lowest BCUT2D eigenvalue weighted by molar-refractivity contribution is -0.192. The van der Waals surface area contributed by atoms with Crippen LogP contribution in [0.15, 0.2) is 27.5 Å². The van der Waals surface area contributed by atoms with Crippen molar-refractivity contribution in [3.8, 4) is 11.3 Å². The second kappa shape index (κ2) is 10.1. The van der Waals surface area contributed by atoms with E-state index in [9.17, 15) is 21.6 Å². The third-order valence-corrected chi connectivity index (χ3v) is 5.94. The molecule has 1 aromatic heterocycles. The monoisotopic (exact) mass is 509 g/mol. The molecule has 182 valence electrons. The van der Waals surface area contributed by atoms with E-state index in [-0.39, 0.29) is 10.9 Å². The predicted molar refractivity (Wildman–Crippen MR) is 117 cm³/mol. The van der Waals surface area contributed by atoms with E-state index in [1.54, 1.807) is 35.8 Å². The minimum absolute atomic E-state index is 0.0648. The number of carbonyl (C=O) groups is 1. The number of aromatic nitrogens is 2. The van der Waals surface area contributed by atoms with Crippen LogP contribution < -0.4 is 5.32 Å². The van der Waals surface area contributed by atoms with Crippen LogP contribution in [0.25, 0.3) is 11.3 Å². The van der Waals surface area contributed by atoms with Crippen molar-refractivity contribution in [2.24, 2.45) is 11.4 Å². The molecule has 0 aliphatic carbocycles. The Hall–Kier alpha value is -2.64. The zero-order chi connectivity index (χ0) is 25.1. The maximum Gasteiger partial charge on any atom is 0.490 e. The van der Waals surface area contributed by atoms with Gasteiger partial charge in [0, 0.05) is 43.3 Å². The molecule has 0 saturated carbocycles. The molecule has 0 radical (unpaired) electrons. The van der Waals surface area contributed by atoms with E-state index >= 15 is 0 Å². The predicted octanol–water partition coefficient (Wildman–Crippen LogP) is 2.86. The molecule has 1 aliphatic rings. The topological polar surface area (TPSA) is 117 Å². The Morgan fingerprint density at radius 3 is 2.52 bits per heavy atom. The number of aliphatic carboxylic acids is 1. The molecule has 1 aliphatic heterocycles. The summed E-state index contributed by atoms with van der Waals surface area (Å²) in [5, 5.41) is 15.5. The van der Waals surface area contributed by atoms with E-state index in [1.165, 1.54) is 12.4 Å². The number of sulfonamides is 1. The number of carboxylic acids is 1. The Balaban J connectivity index is 0.000000479. The number of aryl methyl sites for hydroxylation is 1. The zero-order valence-electron chi connectivity index (χ0n) is 18.2. The van der Waals surface area contributed by atoms with E-state index < -0.39 is 22.2 Å². The Kier molecular flexibility index (Phi) is 8.14. The number of hydrogen-bond donors (Lipinski definition) is 2. The molecule has 1 aromatic carbocycles. The molecule has 0 bridgehead atoms. The van der Waals surface area contributed by atoms with Gasteiger partial charge in [-0.25, -0.2) is 4.79 Å². The van der Waals surface area contributed by atoms with Gasteiger partial charge in [0.05, 0.1) is 16.3 Å². The van der Waals surface area contributed by atoms with E-state index in [0.29, 0.717) is 5.02 Å². The minimum Gasteiger partial charge on any atom is -0.475 e. The first-order valence-corrected chi connectivity index (χ1v) is 11.3. The summed E-state index contributed by atoms with van der Waals surface area (Å²) in [6, 6.07) is 4.95. The lowest BCUT2D eigenvalue weighted by Gasteiger charge is -2.19. The van der Waals surface area contributed by atoms with Crippen LogP contribution in [-0.2, 0) is 28.3 Å². The molecule has 2 aromatic rings. The fourth-order valence-electron chi connectivity index (χ4n) is 3.12. The van der Waals surface area contributed by atoms with Gasteiger partial charge in [0.15, 0.2) is 0 Å². The molecule has 0 amide bonds. The van der Waals surface area contributed by atoms with Crippen molar-refractivity contribution in [1.29, 1.82) is 0 Å². The molecule has 33 heavy (non-hydrogen) atoms. The summed E-state index contributed by atoms with van der Waals surface area (Å²) >= 11 is 6.23. The van der Waals surface area contributed by atoms with Crippen molar-refractivity contribution in [3.63, 3.8) is 0 Å². The van der Waals surface area contributed by atoms with E-state index in [4.69, 9.17) is 21.5 Å². The quantitative estimate of drug-likeness (QED) is 0.481. The number of carboxylic acid groups (broad SMARTS) is 1. The average molecular weight is 510 g/mol. The van der Waals surface area contributed by atoms with E-state index in [0.717, 1.165) is 35.5 Å². The van der Waals surface area contributed by atoms with Crippen molar-refractivity contribution < 1.29 is 31.5 Å². The minimum atomic E-state index is -5.08. The van der Waals surface area contributed by atoms with Crippen molar-refractivity contribution in [2.75, 3.05) is 20.6 Å². The largest absolute Gasteiger partial charge is 0.490 e. The first kappa shape index (κ1) is 26.6. The van der Waals surface area contributed by atoms with Crippen molar-refractivity contribution in [1.82, 2.24) is 20.0 Å². The Morgan fingerprint density at radius 1 is 1.36 bits per heavy atom. The van der Waals surface area contributed by atoms with Gasteiger partial charge >= 0.3 is 12.1 Å². The molecule has 9 nitrogen and oxygen atoms in total. The van der Waals surface area contributed by atoms with Gasteiger partial charge in [-0.1, -0.05) is 11.6 Å². The lowest BCUT2D eigenvalue weighted by Crippen LogP contribution is -2.27. The number of fused-ring (bicyclic) bond motifs is 1. The van der Waals surface area contributed by atoms with Crippen LogP contribution in [0.3, 0.4) is 0 Å². The van der Waals surface area contributed by atoms with Gasteiger partial charge in [0.2, 0.25) is 0 Å². The highest BCUT2D eigenvalue weighted by Crippen LogP contribution is 2.34. The van der Waals surface area contributed by atoms with E-state index in [2.05, 4.69) is 21.7 Å². The molecular formula is C19H23ClF3N5O4S. The summed E-state index contributed by atoms with van der Waals surface area (Å²) in [7, 11) is 1.44. The summed E-state index contributed by atoms with van der Waals surface area (Å²) in [5.74, 6) is -2.76. The second-order valence-corrected chi connectivity index (χ2v) is 9.47. The normalized spacial score (nSPS) is 16.2. The number of halogens is 4. The molecule has 2 N–H and O–H groups in total. The Bertz CT molecular complexity index is 1160. The maximum atomic E-state index is 12.5. The van der Waals surface area contributed by atoms with Gasteiger partial charge in [-0.05, 0) is 38.1 Å². The molecule has 14 heteroatoms. The van der Waals surface area contributed by atoms with Crippen LogP contribution in [0.2, 0.25) is 5.02 Å².